The molecule has 1 aromatic carbocycles. The highest BCUT2D eigenvalue weighted by Gasteiger charge is 2.23. The van der Waals surface area contributed by atoms with Crippen LogP contribution in [-0.2, 0) is 11.2 Å². The number of aromatic nitrogens is 6. The highest BCUT2D eigenvalue weighted by Crippen LogP contribution is 2.25. The summed E-state index contributed by atoms with van der Waals surface area (Å²) in [6, 6.07) is 7.87. The Labute approximate surface area is 162 Å². The predicted octanol–water partition coefficient (Wildman–Crippen LogP) is 2.40. The molecule has 0 amide bonds. The summed E-state index contributed by atoms with van der Waals surface area (Å²) in [6.45, 7) is 8.10. The van der Waals surface area contributed by atoms with Crippen LogP contribution >= 0.6 is 11.8 Å². The molecule has 2 heterocycles. The summed E-state index contributed by atoms with van der Waals surface area (Å²) < 4.78 is 1.50. The van der Waals surface area contributed by atoms with Crippen LogP contribution in [0.3, 0.4) is 0 Å². The largest absolute Gasteiger partial charge is 0.368 e. The maximum atomic E-state index is 6.11. The molecule has 0 bridgehead atoms. The molecule has 0 saturated heterocycles. The van der Waals surface area contributed by atoms with Gasteiger partial charge >= 0.3 is 0 Å². The number of anilines is 3. The lowest BCUT2D eigenvalue weighted by Gasteiger charge is -2.16. The molecule has 0 fully saturated rings. The number of nitrogens with two attached hydrogens (primary N) is 2. The average molecular weight is 386 g/mol. The van der Waals surface area contributed by atoms with Crippen molar-refractivity contribution in [3.63, 3.8) is 0 Å². The number of nitrogens with one attached hydrogen (secondary N) is 1. The van der Waals surface area contributed by atoms with Crippen LogP contribution in [0.1, 0.15) is 38.0 Å². The predicted molar refractivity (Wildman–Crippen MR) is 107 cm³/mol. The molecule has 0 aliphatic carbocycles. The van der Waals surface area contributed by atoms with Gasteiger partial charge in [0.25, 0.3) is 0 Å². The Morgan fingerprint density at radius 3 is 2.52 bits per heavy atom. The van der Waals surface area contributed by atoms with Gasteiger partial charge in [0.1, 0.15) is 5.82 Å². The van der Waals surface area contributed by atoms with Crippen LogP contribution < -0.4 is 16.9 Å². The Morgan fingerprint density at radius 2 is 1.85 bits per heavy atom. The number of thioether (sulfide) groups is 1. The molecule has 9 nitrogen and oxygen atoms in total. The maximum Gasteiger partial charge on any atom is 0.232 e. The summed E-state index contributed by atoms with van der Waals surface area (Å²) in [5.41, 5.74) is 7.65. The number of nitrogens with zero attached hydrogens (tertiary/aromatic N) is 6. The first-order chi connectivity index (χ1) is 12.7. The smallest absolute Gasteiger partial charge is 0.232 e. The summed E-state index contributed by atoms with van der Waals surface area (Å²) in [7, 11) is 0. The van der Waals surface area contributed by atoms with Crippen molar-refractivity contribution in [1.82, 2.24) is 29.8 Å². The van der Waals surface area contributed by atoms with Crippen molar-refractivity contribution in [3.8, 4) is 0 Å². The molecule has 0 saturated carbocycles. The van der Waals surface area contributed by atoms with Gasteiger partial charge in [-0.25, -0.2) is 4.68 Å². The van der Waals surface area contributed by atoms with Crippen molar-refractivity contribution in [1.29, 1.82) is 0 Å². The molecule has 0 radical (unpaired) electrons. The summed E-state index contributed by atoms with van der Waals surface area (Å²) in [6.07, 6.45) is 0. The van der Waals surface area contributed by atoms with Gasteiger partial charge in [-0.15, -0.1) is 10.2 Å². The van der Waals surface area contributed by atoms with Crippen LogP contribution in [0.4, 0.5) is 17.6 Å². The first-order valence-corrected chi connectivity index (χ1v) is 9.39. The van der Waals surface area contributed by atoms with Gasteiger partial charge in [-0.3, -0.25) is 0 Å². The summed E-state index contributed by atoms with van der Waals surface area (Å²) in [4.78, 5) is 12.8. The highest BCUT2D eigenvalue weighted by atomic mass is 32.2. The molecule has 5 N–H and O–H groups in total. The number of nitrogen functional groups attached to an aromatic ring is 2. The molecule has 0 atom stereocenters. The van der Waals surface area contributed by atoms with E-state index in [1.165, 1.54) is 16.4 Å². The Kier molecular flexibility index (Phi) is 5.17. The number of hydrogen-bond acceptors (Lipinski definition) is 9. The minimum absolute atomic E-state index is 0.154. The van der Waals surface area contributed by atoms with Crippen LogP contribution in [0.5, 0.6) is 0 Å². The zero-order chi connectivity index (χ0) is 19.6. The lowest BCUT2D eigenvalue weighted by atomic mass is 9.96. The Balaban J connectivity index is 1.76. The van der Waals surface area contributed by atoms with E-state index in [4.69, 9.17) is 11.6 Å². The topological polar surface area (TPSA) is 133 Å². The lowest BCUT2D eigenvalue weighted by Crippen LogP contribution is -2.24. The van der Waals surface area contributed by atoms with Gasteiger partial charge in [0.05, 0.1) is 5.75 Å². The Bertz CT molecular complexity index is 946. The van der Waals surface area contributed by atoms with E-state index >= 15 is 0 Å². The van der Waals surface area contributed by atoms with Crippen LogP contribution in [0.15, 0.2) is 29.4 Å². The average Bonchev–Trinajstić information content (AvgIpc) is 2.96. The number of para-hydroxylation sites is 1. The van der Waals surface area contributed by atoms with Crippen molar-refractivity contribution in [2.45, 2.75) is 44.0 Å². The number of hydrogen-bond donors (Lipinski definition) is 3. The normalized spacial score (nSPS) is 11.6. The molecule has 2 aromatic heterocycles. The third-order valence-electron chi connectivity index (χ3n) is 3.76. The second-order valence-electron chi connectivity index (χ2n) is 7.09. The van der Waals surface area contributed by atoms with Crippen molar-refractivity contribution in [3.05, 3.63) is 41.5 Å². The van der Waals surface area contributed by atoms with Crippen LogP contribution in [0.25, 0.3) is 0 Å². The quantitative estimate of drug-likeness (QED) is 0.447. The van der Waals surface area contributed by atoms with Gasteiger partial charge in [0.15, 0.2) is 5.82 Å². The lowest BCUT2D eigenvalue weighted by molar-refractivity contribution is 0.523. The molecule has 3 aromatic rings. The second-order valence-corrected chi connectivity index (χ2v) is 8.03. The monoisotopic (exact) mass is 385 g/mol. The van der Waals surface area contributed by atoms with Gasteiger partial charge in [-0.05, 0) is 18.6 Å². The fourth-order valence-electron chi connectivity index (χ4n) is 2.41. The van der Waals surface area contributed by atoms with E-state index in [0.29, 0.717) is 28.5 Å². The van der Waals surface area contributed by atoms with E-state index in [2.05, 4.69) is 30.5 Å². The summed E-state index contributed by atoms with van der Waals surface area (Å²) in [5, 5.41) is 12.1. The highest BCUT2D eigenvalue weighted by molar-refractivity contribution is 7.98. The molecule has 0 unspecified atom stereocenters. The van der Waals surface area contributed by atoms with Crippen molar-refractivity contribution < 1.29 is 0 Å². The molecule has 142 valence electrons. The molecule has 0 spiro atoms. The SMILES string of the molecule is Cc1ccccc1Nc1nc(N)nc(CSc2nnc(C(C)(C)C)n2N)n1. The standard InChI is InChI=1S/C17H23N9S/c1-10-7-5-6-8-11(10)20-15-22-12(21-14(18)23-15)9-27-16-25-24-13(26(16)19)17(2,3)4/h5-8H,9,19H2,1-4H3,(H3,18,20,21,22,23). The Hall–Kier alpha value is -2.88. The van der Waals surface area contributed by atoms with E-state index in [1.54, 1.807) is 0 Å². The third-order valence-corrected chi connectivity index (χ3v) is 4.70. The minimum Gasteiger partial charge on any atom is -0.368 e. The molecule has 0 aliphatic heterocycles. The first kappa shape index (κ1) is 18.9. The van der Waals surface area contributed by atoms with Gasteiger partial charge in [0.2, 0.25) is 17.1 Å². The van der Waals surface area contributed by atoms with E-state index in [-0.39, 0.29) is 11.4 Å². The summed E-state index contributed by atoms with van der Waals surface area (Å²) in [5.74, 6) is 8.35. The van der Waals surface area contributed by atoms with Gasteiger partial charge in [-0.1, -0.05) is 50.7 Å². The molecule has 10 heteroatoms. The molecule has 3 rings (SSSR count). The fraction of sp³-hybridized carbons (Fsp3) is 0.353. The number of aryl methyl sites for hydroxylation is 1. The van der Waals surface area contributed by atoms with Crippen LogP contribution in [-0.4, -0.2) is 29.8 Å². The zero-order valence-electron chi connectivity index (χ0n) is 15.8. The summed E-state index contributed by atoms with van der Waals surface area (Å²) >= 11 is 1.39. The van der Waals surface area contributed by atoms with Gasteiger partial charge in [0, 0.05) is 11.1 Å². The van der Waals surface area contributed by atoms with Crippen molar-refractivity contribution >= 4 is 29.3 Å². The van der Waals surface area contributed by atoms with Crippen molar-refractivity contribution in [2.75, 3.05) is 16.9 Å². The van der Waals surface area contributed by atoms with E-state index < -0.39 is 0 Å². The first-order valence-electron chi connectivity index (χ1n) is 8.41. The van der Waals surface area contributed by atoms with Crippen molar-refractivity contribution in [2.24, 2.45) is 0 Å². The zero-order valence-corrected chi connectivity index (χ0v) is 16.6. The minimum atomic E-state index is -0.192. The molecule has 0 aliphatic rings. The second kappa shape index (κ2) is 7.39. The maximum absolute atomic E-state index is 6.11. The molecular formula is C17H23N9S. The molecule has 27 heavy (non-hydrogen) atoms. The van der Waals surface area contributed by atoms with E-state index in [9.17, 15) is 0 Å². The third kappa shape index (κ3) is 4.45. The number of rotatable bonds is 5. The number of benzene rings is 1. The Morgan fingerprint density at radius 1 is 1.11 bits per heavy atom. The fourth-order valence-corrected chi connectivity index (χ4v) is 3.12. The van der Waals surface area contributed by atoms with E-state index in [0.717, 1.165) is 11.3 Å². The van der Waals surface area contributed by atoms with Gasteiger partial charge < -0.3 is 16.9 Å². The van der Waals surface area contributed by atoms with Crippen LogP contribution in [0.2, 0.25) is 0 Å². The molecular weight excluding hydrogens is 362 g/mol. The van der Waals surface area contributed by atoms with Gasteiger partial charge in [-0.2, -0.15) is 15.0 Å². The van der Waals surface area contributed by atoms with Crippen LogP contribution in [0, 0.1) is 6.92 Å². The van der Waals surface area contributed by atoms with E-state index in [1.807, 2.05) is 52.0 Å².